The van der Waals surface area contributed by atoms with Crippen LogP contribution < -0.4 is 0 Å². The highest BCUT2D eigenvalue weighted by Gasteiger charge is 2.15. The van der Waals surface area contributed by atoms with Gasteiger partial charge < -0.3 is 0 Å². The molecule has 0 saturated heterocycles. The predicted octanol–water partition coefficient (Wildman–Crippen LogP) is 3.14. The molecule has 0 aromatic heterocycles. The summed E-state index contributed by atoms with van der Waals surface area (Å²) in [4.78, 5) is 9.55. The van der Waals surface area contributed by atoms with Crippen LogP contribution in [0.2, 0.25) is 0 Å². The first-order valence-electron chi connectivity index (χ1n) is 3.24. The van der Waals surface area contributed by atoms with E-state index >= 15 is 0 Å². The lowest BCUT2D eigenvalue weighted by Crippen LogP contribution is -1.93. The van der Waals surface area contributed by atoms with Crippen LogP contribution in [0, 0.1) is 13.7 Å². The molecule has 0 radical (unpaired) electrons. The molecule has 6 heteroatoms. The fourth-order valence-corrected chi connectivity index (χ4v) is 1.38. The molecule has 0 N–H and O–H groups in total. The summed E-state index contributed by atoms with van der Waals surface area (Å²) in [6.07, 6.45) is -2.67. The Hall–Kier alpha value is -0.790. The van der Waals surface area contributed by atoms with Gasteiger partial charge in [0, 0.05) is 21.3 Å². The van der Waals surface area contributed by atoms with Crippen molar-refractivity contribution in [2.24, 2.45) is 0 Å². The van der Waals surface area contributed by atoms with Crippen LogP contribution in [-0.2, 0) is 0 Å². The van der Waals surface area contributed by atoms with E-state index in [9.17, 15) is 18.9 Å². The Morgan fingerprint density at radius 2 is 2.08 bits per heavy atom. The van der Waals surface area contributed by atoms with Gasteiger partial charge in [-0.05, 0) is 28.7 Å². The van der Waals surface area contributed by atoms with Crippen LogP contribution in [0.25, 0.3) is 0 Å². The van der Waals surface area contributed by atoms with Crippen molar-refractivity contribution in [1.82, 2.24) is 0 Å². The van der Waals surface area contributed by atoms with E-state index in [0.717, 1.165) is 6.07 Å². The van der Waals surface area contributed by atoms with Crippen LogP contribution in [0.1, 0.15) is 12.0 Å². The lowest BCUT2D eigenvalue weighted by Gasteiger charge is -2.01. The molecule has 0 unspecified atom stereocenters. The number of nitro benzene ring substituents is 1. The summed E-state index contributed by atoms with van der Waals surface area (Å²) in [5, 5.41) is 10.2. The molecule has 0 aliphatic carbocycles. The van der Waals surface area contributed by atoms with Gasteiger partial charge >= 0.3 is 0 Å². The van der Waals surface area contributed by atoms with Gasteiger partial charge in [-0.2, -0.15) is 0 Å². The molecule has 0 spiro atoms. The molecule has 1 aromatic rings. The van der Waals surface area contributed by atoms with E-state index in [1.165, 1.54) is 12.1 Å². The molecule has 0 aliphatic rings. The lowest BCUT2D eigenvalue weighted by atomic mass is 10.2. The lowest BCUT2D eigenvalue weighted by molar-refractivity contribution is -0.385. The highest BCUT2D eigenvalue weighted by Crippen LogP contribution is 2.27. The summed E-state index contributed by atoms with van der Waals surface area (Å²) < 4.78 is 24.8. The van der Waals surface area contributed by atoms with Crippen molar-refractivity contribution in [3.05, 3.63) is 37.4 Å². The average Bonchev–Trinajstić information content (AvgIpc) is 2.04. The van der Waals surface area contributed by atoms with Gasteiger partial charge in [0.25, 0.3) is 12.1 Å². The van der Waals surface area contributed by atoms with Crippen LogP contribution in [-0.4, -0.2) is 4.92 Å². The summed E-state index contributed by atoms with van der Waals surface area (Å²) in [5.74, 6) is 0. The number of nitrogens with zero attached hydrogens (tertiary/aromatic N) is 1. The first-order valence-corrected chi connectivity index (χ1v) is 4.32. The molecule has 0 bridgehead atoms. The minimum atomic E-state index is -2.67. The van der Waals surface area contributed by atoms with Crippen LogP contribution >= 0.6 is 22.6 Å². The number of hydrogen-bond donors (Lipinski definition) is 0. The zero-order valence-corrected chi connectivity index (χ0v) is 8.36. The number of rotatable bonds is 2. The average molecular weight is 299 g/mol. The number of halogens is 3. The Labute approximate surface area is 86.0 Å². The van der Waals surface area contributed by atoms with Crippen molar-refractivity contribution in [2.45, 2.75) is 6.43 Å². The van der Waals surface area contributed by atoms with E-state index in [-0.39, 0.29) is 11.3 Å². The van der Waals surface area contributed by atoms with Gasteiger partial charge in [-0.15, -0.1) is 0 Å². The number of non-ortho nitro benzene ring substituents is 1. The first kappa shape index (κ1) is 10.3. The normalized spacial score (nSPS) is 10.5. The topological polar surface area (TPSA) is 43.1 Å². The van der Waals surface area contributed by atoms with Crippen molar-refractivity contribution in [3.8, 4) is 0 Å². The molecule has 0 fully saturated rings. The van der Waals surface area contributed by atoms with E-state index < -0.39 is 11.3 Å². The second-order valence-corrected chi connectivity index (χ2v) is 3.43. The standard InChI is InChI=1S/C7H4F2INO2/c8-7(9)5-3-4(11(12)13)1-2-6(5)10/h1-3,7H. The molecule has 0 aliphatic heterocycles. The number of alkyl halides is 2. The second-order valence-electron chi connectivity index (χ2n) is 2.26. The molecule has 3 nitrogen and oxygen atoms in total. The van der Waals surface area contributed by atoms with Crippen molar-refractivity contribution in [2.75, 3.05) is 0 Å². The van der Waals surface area contributed by atoms with E-state index in [2.05, 4.69) is 0 Å². The van der Waals surface area contributed by atoms with Crippen molar-refractivity contribution >= 4 is 28.3 Å². The predicted molar refractivity (Wildman–Crippen MR) is 50.8 cm³/mol. The Balaban J connectivity index is 3.19. The highest BCUT2D eigenvalue weighted by molar-refractivity contribution is 14.1. The maximum absolute atomic E-state index is 12.2. The molecule has 70 valence electrons. The monoisotopic (exact) mass is 299 g/mol. The van der Waals surface area contributed by atoms with Gasteiger partial charge in [0.05, 0.1) is 4.92 Å². The third-order valence-corrected chi connectivity index (χ3v) is 2.41. The summed E-state index contributed by atoms with van der Waals surface area (Å²) in [5.41, 5.74) is -0.606. The van der Waals surface area contributed by atoms with Gasteiger partial charge in [0.2, 0.25) is 0 Å². The van der Waals surface area contributed by atoms with Crippen LogP contribution in [0.15, 0.2) is 18.2 Å². The fraction of sp³-hybridized carbons (Fsp3) is 0.143. The first-order chi connectivity index (χ1) is 6.02. The quantitative estimate of drug-likeness (QED) is 0.478. The zero-order chi connectivity index (χ0) is 10.0. The molecule has 0 atom stereocenters. The van der Waals surface area contributed by atoms with Crippen molar-refractivity contribution in [1.29, 1.82) is 0 Å². The van der Waals surface area contributed by atoms with Crippen LogP contribution in [0.5, 0.6) is 0 Å². The molecule has 1 rings (SSSR count). The SMILES string of the molecule is O=[N+]([O-])c1ccc(I)c(C(F)F)c1. The minimum Gasteiger partial charge on any atom is -0.258 e. The number of hydrogen-bond acceptors (Lipinski definition) is 2. The van der Waals surface area contributed by atoms with Gasteiger partial charge in [-0.1, -0.05) is 0 Å². The number of nitro groups is 1. The van der Waals surface area contributed by atoms with Crippen molar-refractivity contribution in [3.63, 3.8) is 0 Å². The van der Waals surface area contributed by atoms with Crippen LogP contribution in [0.4, 0.5) is 14.5 Å². The van der Waals surface area contributed by atoms with E-state index in [0.29, 0.717) is 3.57 Å². The summed E-state index contributed by atoms with van der Waals surface area (Å²) in [6, 6.07) is 3.40. The Bertz CT molecular complexity index is 343. The maximum Gasteiger partial charge on any atom is 0.269 e. The molecule has 0 amide bonds. The van der Waals surface area contributed by atoms with Gasteiger partial charge in [0.1, 0.15) is 0 Å². The highest BCUT2D eigenvalue weighted by atomic mass is 127. The Kier molecular flexibility index (Phi) is 3.12. The van der Waals surface area contributed by atoms with Gasteiger partial charge in [-0.3, -0.25) is 10.1 Å². The third kappa shape index (κ3) is 2.33. The summed E-state index contributed by atoms with van der Waals surface area (Å²) in [6.45, 7) is 0. The maximum atomic E-state index is 12.2. The molecule has 1 aromatic carbocycles. The molecule has 0 saturated carbocycles. The zero-order valence-electron chi connectivity index (χ0n) is 6.21. The van der Waals surface area contributed by atoms with E-state index in [1.54, 1.807) is 22.6 Å². The Morgan fingerprint density at radius 3 is 2.54 bits per heavy atom. The largest absolute Gasteiger partial charge is 0.269 e. The molecule has 0 heterocycles. The molecular formula is C7H4F2INO2. The molecular weight excluding hydrogens is 295 g/mol. The van der Waals surface area contributed by atoms with E-state index in [4.69, 9.17) is 0 Å². The third-order valence-electron chi connectivity index (χ3n) is 1.43. The molecule has 13 heavy (non-hydrogen) atoms. The summed E-state index contributed by atoms with van der Waals surface area (Å²) >= 11 is 1.71. The van der Waals surface area contributed by atoms with Gasteiger partial charge in [0.15, 0.2) is 0 Å². The fourth-order valence-electron chi connectivity index (χ4n) is 0.812. The second kappa shape index (κ2) is 3.95. The van der Waals surface area contributed by atoms with E-state index in [1.807, 2.05) is 0 Å². The number of benzene rings is 1. The van der Waals surface area contributed by atoms with Crippen LogP contribution in [0.3, 0.4) is 0 Å². The van der Waals surface area contributed by atoms with Gasteiger partial charge in [-0.25, -0.2) is 8.78 Å². The Morgan fingerprint density at radius 1 is 1.46 bits per heavy atom. The summed E-state index contributed by atoms with van der Waals surface area (Å²) in [7, 11) is 0. The smallest absolute Gasteiger partial charge is 0.258 e. The minimum absolute atomic E-state index is 0.296. The van der Waals surface area contributed by atoms with Crippen molar-refractivity contribution < 1.29 is 13.7 Å².